The van der Waals surface area contributed by atoms with Gasteiger partial charge in [0.05, 0.1) is 31.5 Å². The fourth-order valence-corrected chi connectivity index (χ4v) is 3.70. The highest BCUT2D eigenvalue weighted by Gasteiger charge is 2.31. The van der Waals surface area contributed by atoms with Gasteiger partial charge in [-0.2, -0.15) is 0 Å². The second kappa shape index (κ2) is 9.61. The van der Waals surface area contributed by atoms with E-state index < -0.39 is 17.9 Å². The molecule has 0 aliphatic carbocycles. The van der Waals surface area contributed by atoms with Crippen molar-refractivity contribution in [2.45, 2.75) is 12.8 Å². The van der Waals surface area contributed by atoms with Crippen LogP contribution in [0.25, 0.3) is 0 Å². The Morgan fingerprint density at radius 1 is 1.10 bits per heavy atom. The van der Waals surface area contributed by atoms with Crippen LogP contribution in [0.1, 0.15) is 12.0 Å². The van der Waals surface area contributed by atoms with Crippen LogP contribution in [0.3, 0.4) is 0 Å². The standard InChI is InChI=1S/C22H22ClNO7/c1-29-19-9-13-7-8-14(15(22(27)28)10-21(25)26)12-24(17(13)11-20(19)30-2)31-18-6-4-3-5-16(18)23/h3-6,9-11,14H,7-8,12H2,1-2H3,(H,25,26)(H,27,28). The Kier molecular flexibility index (Phi) is 6.91. The van der Waals surface area contributed by atoms with Crippen molar-refractivity contribution in [2.75, 3.05) is 25.8 Å². The Morgan fingerprint density at radius 3 is 2.39 bits per heavy atom. The Hall–Kier alpha value is -3.39. The summed E-state index contributed by atoms with van der Waals surface area (Å²) in [5.41, 5.74) is 1.29. The molecule has 1 heterocycles. The summed E-state index contributed by atoms with van der Waals surface area (Å²) in [6.07, 6.45) is 1.61. The lowest BCUT2D eigenvalue weighted by molar-refractivity contribution is -0.135. The van der Waals surface area contributed by atoms with Gasteiger partial charge in [-0.05, 0) is 36.6 Å². The molecule has 0 aromatic heterocycles. The van der Waals surface area contributed by atoms with Gasteiger partial charge in [0.2, 0.25) is 0 Å². The zero-order valence-corrected chi connectivity index (χ0v) is 17.8. The van der Waals surface area contributed by atoms with Crippen molar-refractivity contribution in [1.29, 1.82) is 0 Å². The average Bonchev–Trinajstić information content (AvgIpc) is 2.91. The quantitative estimate of drug-likeness (QED) is 0.617. The summed E-state index contributed by atoms with van der Waals surface area (Å²) in [5.74, 6) is -1.83. The number of hydrogen-bond acceptors (Lipinski definition) is 6. The minimum Gasteiger partial charge on any atom is -0.493 e. The number of hydrogen-bond donors (Lipinski definition) is 2. The number of halogens is 1. The van der Waals surface area contributed by atoms with E-state index in [1.807, 2.05) is 0 Å². The second-order valence-electron chi connectivity index (χ2n) is 6.90. The van der Waals surface area contributed by atoms with Crippen LogP contribution in [0.4, 0.5) is 5.69 Å². The third-order valence-corrected chi connectivity index (χ3v) is 5.33. The van der Waals surface area contributed by atoms with Crippen LogP contribution in [-0.4, -0.2) is 42.9 Å². The summed E-state index contributed by atoms with van der Waals surface area (Å²) in [6, 6.07) is 10.4. The van der Waals surface area contributed by atoms with Gasteiger partial charge in [0.1, 0.15) is 0 Å². The fourth-order valence-electron chi connectivity index (χ4n) is 3.53. The van der Waals surface area contributed by atoms with Crippen molar-refractivity contribution in [3.63, 3.8) is 0 Å². The lowest BCUT2D eigenvalue weighted by Gasteiger charge is -2.28. The number of aryl methyl sites for hydroxylation is 1. The first-order valence-corrected chi connectivity index (χ1v) is 9.84. The Labute approximate surface area is 184 Å². The normalized spacial score (nSPS) is 16.2. The van der Waals surface area contributed by atoms with Crippen molar-refractivity contribution in [1.82, 2.24) is 0 Å². The molecule has 0 saturated carbocycles. The van der Waals surface area contributed by atoms with Gasteiger partial charge in [-0.1, -0.05) is 23.7 Å². The molecular formula is C22H22ClNO7. The number of carboxylic acids is 2. The van der Waals surface area contributed by atoms with E-state index in [0.717, 1.165) is 11.6 Å². The minimum absolute atomic E-state index is 0.0963. The van der Waals surface area contributed by atoms with Gasteiger partial charge in [-0.3, -0.25) is 0 Å². The number of methoxy groups -OCH3 is 2. The maximum atomic E-state index is 11.8. The molecule has 0 fully saturated rings. The number of fused-ring (bicyclic) bond motifs is 1. The van der Waals surface area contributed by atoms with Crippen LogP contribution < -0.4 is 19.4 Å². The van der Waals surface area contributed by atoms with E-state index in [1.165, 1.54) is 19.3 Å². The molecule has 0 bridgehead atoms. The largest absolute Gasteiger partial charge is 0.493 e. The second-order valence-corrected chi connectivity index (χ2v) is 7.30. The van der Waals surface area contributed by atoms with E-state index in [9.17, 15) is 14.7 Å². The summed E-state index contributed by atoms with van der Waals surface area (Å²) in [7, 11) is 3.04. The molecule has 1 unspecified atom stereocenters. The first-order valence-electron chi connectivity index (χ1n) is 9.46. The molecule has 1 atom stereocenters. The highest BCUT2D eigenvalue weighted by molar-refractivity contribution is 6.32. The molecule has 1 aliphatic rings. The molecule has 9 heteroatoms. The van der Waals surface area contributed by atoms with Gasteiger partial charge in [-0.25, -0.2) is 14.7 Å². The van der Waals surface area contributed by atoms with Crippen LogP contribution in [0.5, 0.6) is 17.2 Å². The number of carbonyl (C=O) groups is 2. The van der Waals surface area contributed by atoms with Crippen molar-refractivity contribution < 1.29 is 34.1 Å². The molecule has 0 spiro atoms. The Balaban J connectivity index is 2.09. The number of anilines is 1. The maximum absolute atomic E-state index is 11.8. The van der Waals surface area contributed by atoms with Gasteiger partial charge >= 0.3 is 11.9 Å². The molecule has 2 aromatic rings. The third kappa shape index (κ3) is 5.03. The lowest BCUT2D eigenvalue weighted by Crippen LogP contribution is -2.34. The van der Waals surface area contributed by atoms with Gasteiger partial charge in [-0.15, -0.1) is 0 Å². The SMILES string of the molecule is COc1cc2c(cc1OC)N(Oc1ccccc1Cl)CC(C(=CC(=O)O)C(=O)O)CC2. The smallest absolute Gasteiger partial charge is 0.332 e. The first-order chi connectivity index (χ1) is 14.8. The number of benzene rings is 2. The number of nitrogens with zero attached hydrogens (tertiary/aromatic N) is 1. The molecule has 164 valence electrons. The van der Waals surface area contributed by atoms with Crippen LogP contribution in [0.2, 0.25) is 5.02 Å². The number of ether oxygens (including phenoxy) is 2. The van der Waals surface area contributed by atoms with E-state index >= 15 is 0 Å². The molecule has 0 amide bonds. The summed E-state index contributed by atoms with van der Waals surface area (Å²) in [4.78, 5) is 29.1. The average molecular weight is 448 g/mol. The predicted octanol–water partition coefficient (Wildman–Crippen LogP) is 3.82. The maximum Gasteiger partial charge on any atom is 0.332 e. The summed E-state index contributed by atoms with van der Waals surface area (Å²) < 4.78 is 10.8. The van der Waals surface area contributed by atoms with Gasteiger partial charge in [0.25, 0.3) is 0 Å². The van der Waals surface area contributed by atoms with Crippen LogP contribution >= 0.6 is 11.6 Å². The molecule has 3 rings (SSSR count). The van der Waals surface area contributed by atoms with Crippen molar-refractivity contribution in [3.8, 4) is 17.2 Å². The molecule has 2 N–H and O–H groups in total. The van der Waals surface area contributed by atoms with Gasteiger partial charge < -0.3 is 24.5 Å². The van der Waals surface area contributed by atoms with Crippen molar-refractivity contribution >= 4 is 29.2 Å². The summed E-state index contributed by atoms with van der Waals surface area (Å²) >= 11 is 6.26. The molecule has 31 heavy (non-hydrogen) atoms. The van der Waals surface area contributed by atoms with Gasteiger partial charge in [0, 0.05) is 23.6 Å². The molecule has 0 radical (unpaired) electrons. The number of aliphatic carboxylic acids is 2. The first kappa shape index (κ1) is 22.3. The van der Waals surface area contributed by atoms with E-state index in [1.54, 1.807) is 36.4 Å². The fraction of sp³-hybridized carbons (Fsp3) is 0.273. The van der Waals surface area contributed by atoms with E-state index in [0.29, 0.717) is 40.8 Å². The van der Waals surface area contributed by atoms with E-state index in [-0.39, 0.29) is 12.1 Å². The molecular weight excluding hydrogens is 426 g/mol. The monoisotopic (exact) mass is 447 g/mol. The Bertz CT molecular complexity index is 1020. The highest BCUT2D eigenvalue weighted by Crippen LogP contribution is 2.40. The Morgan fingerprint density at radius 2 is 1.77 bits per heavy atom. The zero-order chi connectivity index (χ0) is 22.5. The van der Waals surface area contributed by atoms with Crippen LogP contribution in [0.15, 0.2) is 48.0 Å². The van der Waals surface area contributed by atoms with E-state index in [4.69, 9.17) is 31.0 Å². The lowest BCUT2D eigenvalue weighted by atomic mass is 9.93. The number of rotatable bonds is 7. The predicted molar refractivity (Wildman–Crippen MR) is 114 cm³/mol. The summed E-state index contributed by atoms with van der Waals surface area (Å²) in [5, 5.41) is 20.7. The molecule has 1 aliphatic heterocycles. The summed E-state index contributed by atoms with van der Waals surface area (Å²) in [6.45, 7) is 0.0963. The van der Waals surface area contributed by atoms with Crippen LogP contribution in [-0.2, 0) is 16.0 Å². The molecule has 8 nitrogen and oxygen atoms in total. The van der Waals surface area contributed by atoms with Gasteiger partial charge in [0.15, 0.2) is 17.2 Å². The zero-order valence-electron chi connectivity index (χ0n) is 17.0. The van der Waals surface area contributed by atoms with E-state index in [2.05, 4.69) is 0 Å². The minimum atomic E-state index is -1.32. The molecule has 2 aromatic carbocycles. The van der Waals surface area contributed by atoms with Crippen LogP contribution in [0, 0.1) is 5.92 Å². The highest BCUT2D eigenvalue weighted by atomic mass is 35.5. The molecule has 0 saturated heterocycles. The van der Waals surface area contributed by atoms with Crippen molar-refractivity contribution in [3.05, 3.63) is 58.6 Å². The topological polar surface area (TPSA) is 106 Å². The number of carboxylic acid groups (broad SMARTS) is 2. The number of para-hydroxylation sites is 1. The van der Waals surface area contributed by atoms with Crippen molar-refractivity contribution in [2.24, 2.45) is 5.92 Å². The third-order valence-electron chi connectivity index (χ3n) is 5.01. The number of hydroxylamine groups is 1.